The predicted octanol–water partition coefficient (Wildman–Crippen LogP) is 2.17. The van der Waals surface area contributed by atoms with E-state index in [4.69, 9.17) is 0 Å². The van der Waals surface area contributed by atoms with Crippen LogP contribution in [0.25, 0.3) is 6.08 Å². The van der Waals surface area contributed by atoms with E-state index in [0.717, 1.165) is 0 Å². The van der Waals surface area contributed by atoms with Gasteiger partial charge in [-0.1, -0.05) is 12.1 Å². The molecule has 5 nitrogen and oxygen atoms in total. The Morgan fingerprint density at radius 2 is 2.19 bits per heavy atom. The molecule has 0 N–H and O–H groups in total. The van der Waals surface area contributed by atoms with Gasteiger partial charge in [-0.2, -0.15) is 0 Å². The minimum absolute atomic E-state index is 0.00795. The van der Waals surface area contributed by atoms with Crippen LogP contribution in [-0.4, -0.2) is 18.0 Å². The first-order valence-electron chi connectivity index (χ1n) is 4.55. The fourth-order valence-corrected chi connectivity index (χ4v) is 1.20. The number of rotatable bonds is 3. The molecule has 5 heteroatoms. The Kier molecular flexibility index (Phi) is 3.77. The van der Waals surface area contributed by atoms with E-state index in [2.05, 4.69) is 4.74 Å². The summed E-state index contributed by atoms with van der Waals surface area (Å²) in [5.41, 5.74) is 0.978. The molecular weight excluding hydrogens is 210 g/mol. The summed E-state index contributed by atoms with van der Waals surface area (Å²) in [5.74, 6) is -0.452. The number of carbonyl (C=O) groups is 1. The van der Waals surface area contributed by atoms with Crippen molar-refractivity contribution in [2.75, 3.05) is 7.11 Å². The standard InChI is InChI=1S/C11H11NO4/c1-8(11(13)16-2)6-9-4-3-5-10(7-9)12(14)15/h3-7H,1-2H3/b8-6+. The molecule has 0 aliphatic heterocycles. The first-order valence-corrected chi connectivity index (χ1v) is 4.55. The van der Waals surface area contributed by atoms with Crippen molar-refractivity contribution < 1.29 is 14.5 Å². The molecule has 0 aliphatic rings. The van der Waals surface area contributed by atoms with Crippen LogP contribution in [0.2, 0.25) is 0 Å². The quantitative estimate of drug-likeness (QED) is 0.339. The number of benzene rings is 1. The van der Waals surface area contributed by atoms with Crippen molar-refractivity contribution in [2.45, 2.75) is 6.92 Å². The van der Waals surface area contributed by atoms with Crippen molar-refractivity contribution in [1.82, 2.24) is 0 Å². The normalized spacial score (nSPS) is 11.0. The van der Waals surface area contributed by atoms with Crippen LogP contribution in [0.5, 0.6) is 0 Å². The number of carbonyl (C=O) groups excluding carboxylic acids is 1. The summed E-state index contributed by atoms with van der Waals surface area (Å²) in [6.45, 7) is 1.59. The van der Waals surface area contributed by atoms with Gasteiger partial charge >= 0.3 is 5.97 Å². The van der Waals surface area contributed by atoms with Gasteiger partial charge in [0.05, 0.1) is 12.0 Å². The van der Waals surface area contributed by atoms with Crippen molar-refractivity contribution in [2.24, 2.45) is 0 Å². The number of hydrogen-bond donors (Lipinski definition) is 0. The molecular formula is C11H11NO4. The van der Waals surface area contributed by atoms with Crippen LogP contribution >= 0.6 is 0 Å². The Hall–Kier alpha value is -2.17. The van der Waals surface area contributed by atoms with Crippen LogP contribution in [0.3, 0.4) is 0 Å². The molecule has 0 aliphatic carbocycles. The fourth-order valence-electron chi connectivity index (χ4n) is 1.20. The first kappa shape index (κ1) is 11.9. The van der Waals surface area contributed by atoms with Gasteiger partial charge in [-0.15, -0.1) is 0 Å². The maximum Gasteiger partial charge on any atom is 0.333 e. The van der Waals surface area contributed by atoms with Crippen LogP contribution in [0.1, 0.15) is 12.5 Å². The second-order valence-corrected chi connectivity index (χ2v) is 3.17. The molecule has 0 heterocycles. The van der Waals surface area contributed by atoms with E-state index in [0.29, 0.717) is 11.1 Å². The Morgan fingerprint density at radius 3 is 2.75 bits per heavy atom. The van der Waals surface area contributed by atoms with E-state index < -0.39 is 10.9 Å². The number of nitro groups is 1. The van der Waals surface area contributed by atoms with Crippen molar-refractivity contribution >= 4 is 17.7 Å². The molecule has 84 valence electrons. The lowest BCUT2D eigenvalue weighted by atomic mass is 10.1. The number of ether oxygens (including phenoxy) is 1. The third-order valence-corrected chi connectivity index (χ3v) is 1.97. The van der Waals surface area contributed by atoms with Gasteiger partial charge in [0.15, 0.2) is 0 Å². The summed E-state index contributed by atoms with van der Waals surface area (Å²) in [4.78, 5) is 21.2. The Bertz CT molecular complexity index is 451. The summed E-state index contributed by atoms with van der Waals surface area (Å²) < 4.78 is 4.52. The van der Waals surface area contributed by atoms with Gasteiger partial charge in [-0.05, 0) is 18.6 Å². The third kappa shape index (κ3) is 2.91. The highest BCUT2D eigenvalue weighted by atomic mass is 16.6. The van der Waals surface area contributed by atoms with Crippen molar-refractivity contribution in [3.05, 3.63) is 45.5 Å². The Morgan fingerprint density at radius 1 is 1.50 bits per heavy atom. The van der Waals surface area contributed by atoms with Gasteiger partial charge in [-0.3, -0.25) is 10.1 Å². The third-order valence-electron chi connectivity index (χ3n) is 1.97. The van der Waals surface area contributed by atoms with Crippen LogP contribution in [0.15, 0.2) is 29.8 Å². The van der Waals surface area contributed by atoms with E-state index in [1.54, 1.807) is 25.1 Å². The molecule has 0 amide bonds. The highest BCUT2D eigenvalue weighted by Crippen LogP contribution is 2.15. The van der Waals surface area contributed by atoms with E-state index in [9.17, 15) is 14.9 Å². The predicted molar refractivity (Wildman–Crippen MR) is 58.8 cm³/mol. The minimum atomic E-state index is -0.481. The molecule has 0 aromatic heterocycles. The van der Waals surface area contributed by atoms with Crippen molar-refractivity contribution in [3.63, 3.8) is 0 Å². The van der Waals surface area contributed by atoms with Gasteiger partial charge < -0.3 is 4.74 Å². The Balaban J connectivity index is 3.02. The molecule has 1 aromatic rings. The highest BCUT2D eigenvalue weighted by Gasteiger charge is 2.06. The topological polar surface area (TPSA) is 69.4 Å². The lowest BCUT2D eigenvalue weighted by Gasteiger charge is -1.99. The highest BCUT2D eigenvalue weighted by molar-refractivity contribution is 5.92. The zero-order valence-electron chi connectivity index (χ0n) is 8.97. The smallest absolute Gasteiger partial charge is 0.333 e. The van der Waals surface area contributed by atoms with Crippen LogP contribution < -0.4 is 0 Å². The van der Waals surface area contributed by atoms with E-state index in [-0.39, 0.29) is 5.69 Å². The van der Waals surface area contributed by atoms with Gasteiger partial charge in [0.1, 0.15) is 0 Å². The monoisotopic (exact) mass is 221 g/mol. The number of hydrogen-bond acceptors (Lipinski definition) is 4. The van der Waals surface area contributed by atoms with Gasteiger partial charge in [0, 0.05) is 17.7 Å². The summed E-state index contributed by atoms with van der Waals surface area (Å²) in [6, 6.07) is 6.03. The largest absolute Gasteiger partial charge is 0.466 e. The molecule has 0 spiro atoms. The minimum Gasteiger partial charge on any atom is -0.466 e. The lowest BCUT2D eigenvalue weighted by Crippen LogP contribution is -2.01. The van der Waals surface area contributed by atoms with Gasteiger partial charge in [0.25, 0.3) is 5.69 Å². The number of nitrogens with zero attached hydrogens (tertiary/aromatic N) is 1. The van der Waals surface area contributed by atoms with Crippen LogP contribution in [0, 0.1) is 10.1 Å². The maximum atomic E-state index is 11.1. The molecule has 0 saturated carbocycles. The van der Waals surface area contributed by atoms with Gasteiger partial charge in [0.2, 0.25) is 0 Å². The molecule has 0 atom stereocenters. The zero-order valence-corrected chi connectivity index (χ0v) is 8.97. The average molecular weight is 221 g/mol. The molecule has 16 heavy (non-hydrogen) atoms. The van der Waals surface area contributed by atoms with Crippen molar-refractivity contribution in [1.29, 1.82) is 0 Å². The number of nitro benzene ring substituents is 1. The van der Waals surface area contributed by atoms with Crippen LogP contribution in [0.4, 0.5) is 5.69 Å². The molecule has 0 saturated heterocycles. The molecule has 0 radical (unpaired) electrons. The molecule has 0 fully saturated rings. The second kappa shape index (κ2) is 5.06. The second-order valence-electron chi connectivity index (χ2n) is 3.17. The number of non-ortho nitro benzene ring substituents is 1. The molecule has 0 unspecified atom stereocenters. The van der Waals surface area contributed by atoms with Gasteiger partial charge in [-0.25, -0.2) is 4.79 Å². The summed E-state index contributed by atoms with van der Waals surface area (Å²) in [6.07, 6.45) is 1.54. The lowest BCUT2D eigenvalue weighted by molar-refractivity contribution is -0.384. The Labute approximate surface area is 92.5 Å². The zero-order chi connectivity index (χ0) is 12.1. The maximum absolute atomic E-state index is 11.1. The first-order chi connectivity index (χ1) is 7.54. The summed E-state index contributed by atoms with van der Waals surface area (Å²) in [7, 11) is 1.28. The average Bonchev–Trinajstić information content (AvgIpc) is 2.28. The summed E-state index contributed by atoms with van der Waals surface area (Å²) in [5, 5.41) is 10.5. The molecule has 0 bridgehead atoms. The fraction of sp³-hybridized carbons (Fsp3) is 0.182. The van der Waals surface area contributed by atoms with Crippen LogP contribution in [-0.2, 0) is 9.53 Å². The summed E-state index contributed by atoms with van der Waals surface area (Å²) >= 11 is 0. The van der Waals surface area contributed by atoms with E-state index in [1.807, 2.05) is 0 Å². The van der Waals surface area contributed by atoms with Crippen molar-refractivity contribution in [3.8, 4) is 0 Å². The molecule has 1 aromatic carbocycles. The number of esters is 1. The van der Waals surface area contributed by atoms with E-state index >= 15 is 0 Å². The van der Waals surface area contributed by atoms with E-state index in [1.165, 1.54) is 19.2 Å². The SMILES string of the molecule is COC(=O)/C(C)=C/c1cccc([N+](=O)[O-])c1. The number of methoxy groups -OCH3 is 1. The molecule has 1 rings (SSSR count).